The maximum Gasteiger partial charge on any atom is 0.230 e. The van der Waals surface area contributed by atoms with Crippen LogP contribution in [0.5, 0.6) is 0 Å². The monoisotopic (exact) mass is 332 g/mol. The van der Waals surface area contributed by atoms with Crippen LogP contribution in [0.15, 0.2) is 24.3 Å². The van der Waals surface area contributed by atoms with Gasteiger partial charge in [-0.25, -0.2) is 0 Å². The summed E-state index contributed by atoms with van der Waals surface area (Å²) in [6, 6.07) is 8.08. The van der Waals surface area contributed by atoms with Crippen molar-refractivity contribution in [3.05, 3.63) is 34.9 Å². The average molecular weight is 333 g/mol. The molecule has 1 spiro atoms. The summed E-state index contributed by atoms with van der Waals surface area (Å²) in [5.74, 6) is 1.22. The van der Waals surface area contributed by atoms with E-state index in [0.717, 1.165) is 56.5 Å². The molecule has 1 aromatic rings. The van der Waals surface area contributed by atoms with E-state index in [1.165, 1.54) is 24.8 Å². The summed E-state index contributed by atoms with van der Waals surface area (Å²) in [5.41, 5.74) is 1.14. The van der Waals surface area contributed by atoms with Gasteiger partial charge in [-0.15, -0.1) is 0 Å². The van der Waals surface area contributed by atoms with Gasteiger partial charge in [0.25, 0.3) is 0 Å². The number of carbonyl (C=O) groups is 1. The van der Waals surface area contributed by atoms with E-state index in [-0.39, 0.29) is 5.41 Å². The molecular weight excluding hydrogens is 308 g/mol. The number of hydrogen-bond acceptors (Lipinski definition) is 2. The standard InChI is InChI=1S/C19H25ClN2O/c20-17-4-1-3-16(11-17)12-21-10-8-19(14-21)7-2-9-22(18(19)23)13-15-5-6-15/h1,3-4,11,15H,2,5-10,12-14H2/t19-/m1/s1. The molecule has 4 heteroatoms. The number of likely N-dealkylation sites (tertiary alicyclic amines) is 2. The van der Waals surface area contributed by atoms with Crippen LogP contribution in [0.3, 0.4) is 0 Å². The van der Waals surface area contributed by atoms with Crippen molar-refractivity contribution in [2.75, 3.05) is 26.2 Å². The highest BCUT2D eigenvalue weighted by atomic mass is 35.5. The van der Waals surface area contributed by atoms with Crippen LogP contribution in [0.4, 0.5) is 0 Å². The average Bonchev–Trinajstić information content (AvgIpc) is 3.25. The van der Waals surface area contributed by atoms with E-state index in [1.54, 1.807) is 0 Å². The molecule has 4 rings (SSSR count). The molecule has 1 atom stereocenters. The lowest BCUT2D eigenvalue weighted by atomic mass is 9.78. The lowest BCUT2D eigenvalue weighted by Crippen LogP contribution is -2.50. The molecule has 0 bridgehead atoms. The minimum atomic E-state index is -0.105. The van der Waals surface area contributed by atoms with Gasteiger partial charge in [0.15, 0.2) is 0 Å². The smallest absolute Gasteiger partial charge is 0.230 e. The van der Waals surface area contributed by atoms with Crippen LogP contribution >= 0.6 is 11.6 Å². The lowest BCUT2D eigenvalue weighted by Gasteiger charge is -2.39. The number of piperidine rings is 1. The molecule has 124 valence electrons. The number of hydrogen-bond donors (Lipinski definition) is 0. The molecule has 1 saturated carbocycles. The van der Waals surface area contributed by atoms with Gasteiger partial charge in [-0.3, -0.25) is 9.69 Å². The van der Waals surface area contributed by atoms with Gasteiger partial charge in [-0.05, 0) is 62.3 Å². The quantitative estimate of drug-likeness (QED) is 0.841. The Morgan fingerprint density at radius 2 is 2.09 bits per heavy atom. The molecule has 3 nitrogen and oxygen atoms in total. The first-order valence-electron chi connectivity index (χ1n) is 8.91. The van der Waals surface area contributed by atoms with E-state index in [2.05, 4.69) is 15.9 Å². The van der Waals surface area contributed by atoms with Crippen molar-refractivity contribution < 1.29 is 4.79 Å². The molecular formula is C19H25ClN2O. The fourth-order valence-electron chi connectivity index (χ4n) is 4.30. The van der Waals surface area contributed by atoms with Gasteiger partial charge < -0.3 is 4.90 Å². The van der Waals surface area contributed by atoms with E-state index in [0.29, 0.717) is 5.91 Å². The molecule has 23 heavy (non-hydrogen) atoms. The first-order chi connectivity index (χ1) is 11.1. The number of rotatable bonds is 4. The number of halogens is 1. The molecule has 2 heterocycles. The minimum Gasteiger partial charge on any atom is -0.342 e. The molecule has 1 aromatic carbocycles. The second-order valence-corrected chi connectivity index (χ2v) is 8.11. The summed E-state index contributed by atoms with van der Waals surface area (Å²) in [5, 5.41) is 0.792. The molecule has 0 N–H and O–H groups in total. The van der Waals surface area contributed by atoms with Crippen LogP contribution in [-0.4, -0.2) is 41.9 Å². The van der Waals surface area contributed by atoms with E-state index < -0.39 is 0 Å². The van der Waals surface area contributed by atoms with Crippen molar-refractivity contribution >= 4 is 17.5 Å². The lowest BCUT2D eigenvalue weighted by molar-refractivity contribution is -0.145. The summed E-state index contributed by atoms with van der Waals surface area (Å²) in [6.45, 7) is 4.83. The summed E-state index contributed by atoms with van der Waals surface area (Å²) in [4.78, 5) is 17.6. The predicted octanol–water partition coefficient (Wildman–Crippen LogP) is 3.56. The van der Waals surface area contributed by atoms with E-state index >= 15 is 0 Å². The highest BCUT2D eigenvalue weighted by Gasteiger charge is 2.48. The van der Waals surface area contributed by atoms with Crippen molar-refractivity contribution in [1.82, 2.24) is 9.80 Å². The van der Waals surface area contributed by atoms with Gasteiger partial charge >= 0.3 is 0 Å². The van der Waals surface area contributed by atoms with Crippen LogP contribution in [-0.2, 0) is 11.3 Å². The summed E-state index contributed by atoms with van der Waals surface area (Å²) >= 11 is 6.09. The van der Waals surface area contributed by atoms with Crippen molar-refractivity contribution in [2.45, 2.75) is 38.6 Å². The predicted molar refractivity (Wildman–Crippen MR) is 92.3 cm³/mol. The van der Waals surface area contributed by atoms with Gasteiger partial charge in [-0.2, -0.15) is 0 Å². The third-order valence-electron chi connectivity index (χ3n) is 5.73. The first kappa shape index (κ1) is 15.5. The third kappa shape index (κ3) is 3.27. The van der Waals surface area contributed by atoms with Crippen molar-refractivity contribution in [2.24, 2.45) is 11.3 Å². The Morgan fingerprint density at radius 1 is 1.22 bits per heavy atom. The highest BCUT2D eigenvalue weighted by molar-refractivity contribution is 6.30. The fourth-order valence-corrected chi connectivity index (χ4v) is 4.52. The van der Waals surface area contributed by atoms with Crippen molar-refractivity contribution in [3.8, 4) is 0 Å². The molecule has 0 unspecified atom stereocenters. The largest absolute Gasteiger partial charge is 0.342 e. The topological polar surface area (TPSA) is 23.6 Å². The first-order valence-corrected chi connectivity index (χ1v) is 9.29. The number of nitrogens with zero attached hydrogens (tertiary/aromatic N) is 2. The second-order valence-electron chi connectivity index (χ2n) is 7.67. The summed E-state index contributed by atoms with van der Waals surface area (Å²) in [7, 11) is 0. The second kappa shape index (κ2) is 6.10. The Kier molecular flexibility index (Phi) is 4.10. The normalized spacial score (nSPS) is 28.7. The Morgan fingerprint density at radius 3 is 2.87 bits per heavy atom. The van der Waals surface area contributed by atoms with Gasteiger partial charge in [0.2, 0.25) is 5.91 Å². The zero-order valence-corrected chi connectivity index (χ0v) is 14.4. The van der Waals surface area contributed by atoms with E-state index in [9.17, 15) is 4.79 Å². The molecule has 2 aliphatic heterocycles. The Hall–Kier alpha value is -1.06. The molecule has 1 amide bonds. The van der Waals surface area contributed by atoms with Gasteiger partial charge in [0.1, 0.15) is 0 Å². The van der Waals surface area contributed by atoms with Crippen molar-refractivity contribution in [1.29, 1.82) is 0 Å². The van der Waals surface area contributed by atoms with Crippen LogP contribution in [0.1, 0.15) is 37.7 Å². The number of carbonyl (C=O) groups excluding carboxylic acids is 1. The molecule has 0 aromatic heterocycles. The Labute approximate surface area is 143 Å². The third-order valence-corrected chi connectivity index (χ3v) is 5.96. The fraction of sp³-hybridized carbons (Fsp3) is 0.632. The number of benzene rings is 1. The minimum absolute atomic E-state index is 0.105. The van der Waals surface area contributed by atoms with Crippen LogP contribution in [0, 0.1) is 11.3 Å². The molecule has 3 aliphatic rings. The van der Waals surface area contributed by atoms with Gasteiger partial charge in [0, 0.05) is 31.2 Å². The molecule has 1 aliphatic carbocycles. The Bertz CT molecular complexity index is 601. The maximum atomic E-state index is 13.0. The summed E-state index contributed by atoms with van der Waals surface area (Å²) < 4.78 is 0. The summed E-state index contributed by atoms with van der Waals surface area (Å²) in [6.07, 6.45) is 5.89. The van der Waals surface area contributed by atoms with E-state index in [1.807, 2.05) is 18.2 Å². The van der Waals surface area contributed by atoms with Crippen LogP contribution in [0.2, 0.25) is 5.02 Å². The molecule has 3 fully saturated rings. The highest BCUT2D eigenvalue weighted by Crippen LogP contribution is 2.42. The SMILES string of the molecule is O=C1N(CC2CC2)CCC[C@]12CCN(Cc1cccc(Cl)c1)C2. The van der Waals surface area contributed by atoms with Gasteiger partial charge in [0.05, 0.1) is 5.41 Å². The van der Waals surface area contributed by atoms with Crippen LogP contribution in [0.25, 0.3) is 0 Å². The van der Waals surface area contributed by atoms with Crippen molar-refractivity contribution in [3.63, 3.8) is 0 Å². The zero-order chi connectivity index (χ0) is 15.9. The van der Waals surface area contributed by atoms with Gasteiger partial charge in [-0.1, -0.05) is 23.7 Å². The molecule has 0 radical (unpaired) electrons. The number of amides is 1. The molecule has 2 saturated heterocycles. The Balaban J connectivity index is 1.42. The van der Waals surface area contributed by atoms with E-state index in [4.69, 9.17) is 11.6 Å². The zero-order valence-electron chi connectivity index (χ0n) is 13.6. The maximum absolute atomic E-state index is 13.0. The van der Waals surface area contributed by atoms with Crippen LogP contribution < -0.4 is 0 Å².